The van der Waals surface area contributed by atoms with E-state index in [0.29, 0.717) is 13.0 Å². The second-order valence-electron chi connectivity index (χ2n) is 6.12. The van der Waals surface area contributed by atoms with E-state index in [9.17, 15) is 4.79 Å². The molecule has 2 amide bonds. The number of hydrogen-bond acceptors (Lipinski definition) is 4. The zero-order valence-electron chi connectivity index (χ0n) is 15.0. The lowest BCUT2D eigenvalue weighted by molar-refractivity contribution is 0.217. The van der Waals surface area contributed by atoms with Crippen LogP contribution in [-0.4, -0.2) is 35.6 Å². The smallest absolute Gasteiger partial charge is 0.319 e. The van der Waals surface area contributed by atoms with Crippen LogP contribution < -0.4 is 20.1 Å². The summed E-state index contributed by atoms with van der Waals surface area (Å²) in [4.78, 5) is 12.4. The number of aryl methyl sites for hydroxylation is 2. The van der Waals surface area contributed by atoms with Gasteiger partial charge in [-0.3, -0.25) is 4.68 Å². The highest BCUT2D eigenvalue weighted by molar-refractivity contribution is 5.90. The van der Waals surface area contributed by atoms with Crippen molar-refractivity contribution in [3.63, 3.8) is 0 Å². The topological polar surface area (TPSA) is 77.4 Å². The minimum absolute atomic E-state index is 0.0959. The molecule has 1 unspecified atom stereocenters. The normalized spacial score (nSPS) is 15.9. The number of nitrogens with one attached hydrogen (secondary N) is 2. The number of para-hydroxylation sites is 1. The van der Waals surface area contributed by atoms with Crippen molar-refractivity contribution < 1.29 is 14.3 Å². The summed E-state index contributed by atoms with van der Waals surface area (Å²) in [5.41, 5.74) is 3.55. The van der Waals surface area contributed by atoms with Crippen molar-refractivity contribution in [3.8, 4) is 11.5 Å². The molecule has 3 rings (SSSR count). The lowest BCUT2D eigenvalue weighted by Crippen LogP contribution is -2.44. The zero-order chi connectivity index (χ0) is 18.0. The van der Waals surface area contributed by atoms with Crippen molar-refractivity contribution in [1.29, 1.82) is 0 Å². The molecule has 0 saturated carbocycles. The molecule has 0 aliphatic carbocycles. The van der Waals surface area contributed by atoms with Gasteiger partial charge in [0.15, 0.2) is 11.5 Å². The van der Waals surface area contributed by atoms with Crippen LogP contribution in [0.15, 0.2) is 18.2 Å². The van der Waals surface area contributed by atoms with Crippen LogP contribution in [0.2, 0.25) is 0 Å². The second-order valence-corrected chi connectivity index (χ2v) is 6.12. The van der Waals surface area contributed by atoms with Gasteiger partial charge in [0, 0.05) is 12.1 Å². The molecule has 25 heavy (non-hydrogen) atoms. The Hall–Kier alpha value is -2.70. The van der Waals surface area contributed by atoms with Gasteiger partial charge in [-0.15, -0.1) is 0 Å². The van der Waals surface area contributed by atoms with Gasteiger partial charge in [-0.1, -0.05) is 12.1 Å². The maximum absolute atomic E-state index is 12.4. The number of benzene rings is 1. The SMILES string of the molecule is CCn1nc(C)c(NC(=O)NC2COc3c(cccc3OC)C2)c1C. The third-order valence-electron chi connectivity index (χ3n) is 4.43. The Morgan fingerprint density at radius 2 is 2.24 bits per heavy atom. The summed E-state index contributed by atoms with van der Waals surface area (Å²) < 4.78 is 13.0. The number of carbonyl (C=O) groups is 1. The van der Waals surface area contributed by atoms with E-state index in [1.807, 2.05) is 43.7 Å². The average molecular weight is 344 g/mol. The summed E-state index contributed by atoms with van der Waals surface area (Å²) in [6, 6.07) is 5.44. The number of anilines is 1. The zero-order valence-corrected chi connectivity index (χ0v) is 15.0. The molecule has 0 bridgehead atoms. The molecular weight excluding hydrogens is 320 g/mol. The van der Waals surface area contributed by atoms with E-state index in [-0.39, 0.29) is 12.1 Å². The average Bonchev–Trinajstić information content (AvgIpc) is 2.88. The summed E-state index contributed by atoms with van der Waals surface area (Å²) in [6.45, 7) is 7.04. The van der Waals surface area contributed by atoms with Crippen molar-refractivity contribution in [2.45, 2.75) is 39.8 Å². The molecule has 7 heteroatoms. The number of carbonyl (C=O) groups excluding carboxylic acids is 1. The summed E-state index contributed by atoms with van der Waals surface area (Å²) in [5.74, 6) is 1.48. The predicted octanol–water partition coefficient (Wildman–Crippen LogP) is 2.65. The molecule has 2 N–H and O–H groups in total. The highest BCUT2D eigenvalue weighted by atomic mass is 16.5. The van der Waals surface area contributed by atoms with E-state index in [0.717, 1.165) is 40.7 Å². The molecule has 0 fully saturated rings. The van der Waals surface area contributed by atoms with Crippen LogP contribution in [0, 0.1) is 13.8 Å². The molecule has 1 aliphatic rings. The third-order valence-corrected chi connectivity index (χ3v) is 4.43. The number of nitrogens with zero attached hydrogens (tertiary/aromatic N) is 2. The summed E-state index contributed by atoms with van der Waals surface area (Å²) in [7, 11) is 1.62. The molecule has 1 aliphatic heterocycles. The van der Waals surface area contributed by atoms with E-state index >= 15 is 0 Å². The predicted molar refractivity (Wildman–Crippen MR) is 95.5 cm³/mol. The number of urea groups is 1. The number of aromatic nitrogens is 2. The van der Waals surface area contributed by atoms with Crippen LogP contribution in [0.3, 0.4) is 0 Å². The first-order chi connectivity index (χ1) is 12.0. The number of rotatable bonds is 4. The van der Waals surface area contributed by atoms with Crippen LogP contribution in [0.5, 0.6) is 11.5 Å². The van der Waals surface area contributed by atoms with Crippen molar-refractivity contribution >= 4 is 11.7 Å². The maximum atomic E-state index is 12.4. The Labute approximate surface area is 147 Å². The summed E-state index contributed by atoms with van der Waals surface area (Å²) in [6.07, 6.45) is 0.701. The number of hydrogen-bond donors (Lipinski definition) is 2. The lowest BCUT2D eigenvalue weighted by atomic mass is 10.0. The standard InChI is InChI=1S/C18H24N4O3/c1-5-22-12(3)16(11(2)21-22)20-18(23)19-14-9-13-7-6-8-15(24-4)17(13)25-10-14/h6-8,14H,5,9-10H2,1-4H3,(H2,19,20,23). The Morgan fingerprint density at radius 3 is 2.92 bits per heavy atom. The lowest BCUT2D eigenvalue weighted by Gasteiger charge is -2.27. The largest absolute Gasteiger partial charge is 0.493 e. The number of methoxy groups -OCH3 is 1. The molecule has 7 nitrogen and oxygen atoms in total. The second kappa shape index (κ2) is 7.04. The van der Waals surface area contributed by atoms with Gasteiger partial charge in [0.1, 0.15) is 6.61 Å². The third kappa shape index (κ3) is 3.40. The van der Waals surface area contributed by atoms with Crippen LogP contribution in [0.25, 0.3) is 0 Å². The van der Waals surface area contributed by atoms with Gasteiger partial charge in [0.05, 0.1) is 30.2 Å². The van der Waals surface area contributed by atoms with Gasteiger partial charge < -0.3 is 20.1 Å². The molecule has 2 heterocycles. The first kappa shape index (κ1) is 17.1. The van der Waals surface area contributed by atoms with Gasteiger partial charge >= 0.3 is 6.03 Å². The Morgan fingerprint density at radius 1 is 1.44 bits per heavy atom. The van der Waals surface area contributed by atoms with E-state index in [2.05, 4.69) is 15.7 Å². The molecule has 1 aromatic heterocycles. The van der Waals surface area contributed by atoms with Crippen molar-refractivity contribution in [2.75, 3.05) is 19.0 Å². The van der Waals surface area contributed by atoms with E-state index in [1.165, 1.54) is 0 Å². The molecule has 134 valence electrons. The Bertz CT molecular complexity index is 785. The van der Waals surface area contributed by atoms with Crippen LogP contribution in [-0.2, 0) is 13.0 Å². The Balaban J connectivity index is 1.65. The van der Waals surface area contributed by atoms with Crippen molar-refractivity contribution in [2.24, 2.45) is 0 Å². The quantitative estimate of drug-likeness (QED) is 0.894. The number of fused-ring (bicyclic) bond motifs is 1. The maximum Gasteiger partial charge on any atom is 0.319 e. The van der Waals surface area contributed by atoms with Gasteiger partial charge in [-0.2, -0.15) is 5.10 Å². The van der Waals surface area contributed by atoms with Crippen LogP contribution in [0.1, 0.15) is 23.9 Å². The molecule has 0 radical (unpaired) electrons. The fraction of sp³-hybridized carbons (Fsp3) is 0.444. The van der Waals surface area contributed by atoms with Crippen LogP contribution in [0.4, 0.5) is 10.5 Å². The first-order valence-corrected chi connectivity index (χ1v) is 8.43. The van der Waals surface area contributed by atoms with Crippen molar-refractivity contribution in [3.05, 3.63) is 35.2 Å². The van der Waals surface area contributed by atoms with Crippen LogP contribution >= 0.6 is 0 Å². The minimum Gasteiger partial charge on any atom is -0.493 e. The molecular formula is C18H24N4O3. The fourth-order valence-corrected chi connectivity index (χ4v) is 3.17. The van der Waals surface area contributed by atoms with Gasteiger partial charge in [-0.25, -0.2) is 4.79 Å². The number of ether oxygens (including phenoxy) is 2. The molecule has 2 aromatic rings. The summed E-state index contributed by atoms with van der Waals surface area (Å²) >= 11 is 0. The van der Waals surface area contributed by atoms with Gasteiger partial charge in [0.25, 0.3) is 0 Å². The highest BCUT2D eigenvalue weighted by Crippen LogP contribution is 2.34. The van der Waals surface area contributed by atoms with Crippen molar-refractivity contribution in [1.82, 2.24) is 15.1 Å². The molecule has 1 aromatic carbocycles. The van der Waals surface area contributed by atoms with E-state index in [4.69, 9.17) is 9.47 Å². The number of amides is 2. The van der Waals surface area contributed by atoms with Gasteiger partial charge in [0.2, 0.25) is 0 Å². The molecule has 0 saturated heterocycles. The fourth-order valence-electron chi connectivity index (χ4n) is 3.17. The first-order valence-electron chi connectivity index (χ1n) is 8.43. The van der Waals surface area contributed by atoms with E-state index in [1.54, 1.807) is 7.11 Å². The van der Waals surface area contributed by atoms with Gasteiger partial charge in [-0.05, 0) is 33.3 Å². The monoisotopic (exact) mass is 344 g/mol. The molecule has 0 spiro atoms. The Kier molecular flexibility index (Phi) is 4.83. The highest BCUT2D eigenvalue weighted by Gasteiger charge is 2.24. The van der Waals surface area contributed by atoms with E-state index < -0.39 is 0 Å². The minimum atomic E-state index is -0.248. The summed E-state index contributed by atoms with van der Waals surface area (Å²) in [5, 5.41) is 10.3. The molecule has 1 atom stereocenters.